The van der Waals surface area contributed by atoms with Crippen LogP contribution >= 0.6 is 0 Å². The third-order valence-corrected chi connectivity index (χ3v) is 24.8. The van der Waals surface area contributed by atoms with Crippen molar-refractivity contribution < 1.29 is 171 Å². The van der Waals surface area contributed by atoms with Crippen molar-refractivity contribution in [1.82, 2.24) is 0 Å². The van der Waals surface area contributed by atoms with E-state index in [2.05, 4.69) is 10.0 Å². The Kier molecular flexibility index (Phi) is 37.9. The molecule has 35 atom stereocenters. The van der Waals surface area contributed by atoms with Crippen LogP contribution in [0.4, 0.5) is 0 Å². The molecule has 14 bridgehead atoms. The van der Waals surface area contributed by atoms with E-state index < -0.39 is 261 Å². The van der Waals surface area contributed by atoms with E-state index in [4.69, 9.17) is 110 Å². The van der Waals surface area contributed by atoms with Crippen molar-refractivity contribution in [2.24, 2.45) is 5.11 Å². The van der Waals surface area contributed by atoms with Gasteiger partial charge in [0.05, 0.1) is 92.5 Å². The number of ether oxygens (including phenoxy) is 22. The Balaban J connectivity index is 0.843. The van der Waals surface area contributed by atoms with Crippen LogP contribution in [-0.2, 0) is 150 Å². The Morgan fingerprint density at radius 3 is 0.597 bits per heavy atom. The van der Waals surface area contributed by atoms with Gasteiger partial charge in [-0.2, -0.15) is 0 Å². The van der Waals surface area contributed by atoms with Crippen molar-refractivity contribution in [2.45, 2.75) is 280 Å². The number of nitrogens with zero attached hydrogens (tertiary/aromatic N) is 3. The van der Waals surface area contributed by atoms with Gasteiger partial charge < -0.3 is 171 Å². The monoisotopic (exact) mass is 1880 g/mol. The van der Waals surface area contributed by atoms with Crippen LogP contribution in [-0.4, -0.2) is 341 Å². The molecule has 21 fully saturated rings. The second-order valence-electron chi connectivity index (χ2n) is 34.0. The van der Waals surface area contributed by atoms with Crippen molar-refractivity contribution in [3.63, 3.8) is 0 Å². The second kappa shape index (κ2) is 50.3. The van der Waals surface area contributed by atoms with Crippen molar-refractivity contribution in [1.29, 1.82) is 0 Å². The Morgan fingerprint density at radius 1 is 0.239 bits per heavy atom. The number of azide groups is 1. The van der Waals surface area contributed by atoms with Gasteiger partial charge in [0.1, 0.15) is 171 Å². The van der Waals surface area contributed by atoms with E-state index in [0.29, 0.717) is 58.2 Å². The number of hydrogen-bond acceptors (Lipinski definition) is 36. The SMILES string of the molecule is [N-]=[N+]=NCCCCCOC[C@H]1O[C@@H]2O[C@H]3[C@H](O)[C@@H](OCc4ccccc4)[C@@H](O[C@H]4[C@H](O)[C@@H](OCc5ccccc5)[C@@H](O[C@H]5[C@H](O)[C@@H](OCc6ccccc6)[C@@H](O[C@H]6[C@@H](O)[C@@H](OCc7ccccc7)[C@@H](O[C@H]7[C@@H](O)[C@H](OCc8ccccc8)[C@@H](O[C@H]8[C@@H](O)[C@@H](OCc9ccccc9)[C@@H](O[C@H]1[C@H](O)[C@H]2OCc1ccccc1)O[C@@H]8CO)O[C@@H]7CO)O[C@@H]6CO)O[C@H]5CO)O[C@H]4CO)O[C@H]3CO. The summed E-state index contributed by atoms with van der Waals surface area (Å²) in [5.41, 5.74) is 13.1. The average molecular weight is 1880 g/mol. The summed E-state index contributed by atoms with van der Waals surface area (Å²) in [4.78, 5) is 2.86. The van der Waals surface area contributed by atoms with Gasteiger partial charge >= 0.3 is 0 Å². The van der Waals surface area contributed by atoms with Crippen LogP contribution in [0.5, 0.6) is 0 Å². The van der Waals surface area contributed by atoms with Gasteiger partial charge in [-0.25, -0.2) is 0 Å². The minimum absolute atomic E-state index is 0.0638. The lowest BCUT2D eigenvalue weighted by Crippen LogP contribution is -2.69. The molecule has 21 heterocycles. The number of aliphatic hydroxyl groups is 13. The standard InChI is InChI=1S/C96H121N3O35/c97-99-98-39-23-8-24-40-113-54-68-82-75(112)89(120-53-61-37-21-7-22-38-61)96(127-68)133-81-67(46-105)125-94(87(74(81)111)118-51-59-33-17-5-18-34-59)131-79-65(44-103)123-92(85(72(79)109)116-49-57-29-13-3-14-30-57)129-77-63(42-101)121-90(83(70(77)107)114-47-55-25-9-1-10-26-55)128-76-62(41-100)122-91(84(69(76)106)115-48-56-27-11-2-12-28-56)130-78-64(43-102)124-93(86(71(78)108)117-50-58-31-15-4-16-32-58)132-80-66(45-104)126-95(134-82)88(73(80)110)119-52-60-35-19-6-20-36-60/h1-7,9-22,25-38,62-96,100-112H,8,23-24,39-54H2/t62-,63+,64-,65+,66-,67+,68-,69-,70+,71-,72+,73-,74+,75+,76-,77-,78-,79-,80-,81-,82-,83-,84-,85-,86+,87-,88-,89-,90-,91-,92-,93-,94-,95-,96-/m1/s1. The maximum atomic E-state index is 13.5. The van der Waals surface area contributed by atoms with E-state index in [1.54, 1.807) is 212 Å². The lowest BCUT2D eigenvalue weighted by molar-refractivity contribution is -0.403. The normalized spacial score (nSPS) is 36.6. The molecule has 21 aliphatic rings. The third kappa shape index (κ3) is 25.4. The molecule has 38 nitrogen and oxygen atoms in total. The molecule has 0 radical (unpaired) electrons. The maximum Gasteiger partial charge on any atom is 0.187 e. The summed E-state index contributed by atoms with van der Waals surface area (Å²) >= 11 is 0. The van der Waals surface area contributed by atoms with Crippen molar-refractivity contribution in [2.75, 3.05) is 59.4 Å². The first-order valence-corrected chi connectivity index (χ1v) is 45.3. The summed E-state index contributed by atoms with van der Waals surface area (Å²) in [5.74, 6) is 0. The third-order valence-electron chi connectivity index (χ3n) is 24.8. The van der Waals surface area contributed by atoms with Gasteiger partial charge in [0.15, 0.2) is 44.0 Å². The highest BCUT2D eigenvalue weighted by Gasteiger charge is 2.62. The smallest absolute Gasteiger partial charge is 0.187 e. The predicted molar refractivity (Wildman–Crippen MR) is 463 cm³/mol. The Bertz CT molecular complexity index is 4500. The van der Waals surface area contributed by atoms with Crippen LogP contribution in [0, 0.1) is 0 Å². The summed E-state index contributed by atoms with van der Waals surface area (Å²) < 4.78 is 148. The van der Waals surface area contributed by atoms with Crippen LogP contribution in [0.25, 0.3) is 10.4 Å². The van der Waals surface area contributed by atoms with Crippen molar-refractivity contribution >= 4 is 0 Å². The summed E-state index contributed by atoms with van der Waals surface area (Å²) in [7, 11) is 0. The van der Waals surface area contributed by atoms with Crippen LogP contribution in [0.15, 0.2) is 217 Å². The lowest BCUT2D eigenvalue weighted by atomic mass is 9.94. The molecule has 0 saturated carbocycles. The fraction of sp³-hybridized carbons (Fsp3) is 0.562. The molecular formula is C96H121N3O35. The highest BCUT2D eigenvalue weighted by molar-refractivity contribution is 5.20. The maximum absolute atomic E-state index is 13.5. The molecule has 38 heteroatoms. The number of benzene rings is 7. The number of aliphatic hydroxyl groups excluding tert-OH is 13. The molecule has 0 amide bonds. The minimum atomic E-state index is -1.96. The Hall–Kier alpha value is -7.55. The van der Waals surface area contributed by atoms with Gasteiger partial charge in [-0.05, 0) is 57.3 Å². The van der Waals surface area contributed by atoms with Gasteiger partial charge in [0.2, 0.25) is 0 Å². The first-order chi connectivity index (χ1) is 65.5. The molecule has 730 valence electrons. The molecule has 21 saturated heterocycles. The van der Waals surface area contributed by atoms with Crippen LogP contribution in [0.1, 0.15) is 58.2 Å². The quantitative estimate of drug-likeness (QED) is 0.0118. The zero-order valence-electron chi connectivity index (χ0n) is 73.5. The highest BCUT2D eigenvalue weighted by Crippen LogP contribution is 2.43. The summed E-state index contributed by atoms with van der Waals surface area (Å²) in [6.07, 6.45) is -60.4. The predicted octanol–water partition coefficient (Wildman–Crippen LogP) is 2.85. The second-order valence-corrected chi connectivity index (χ2v) is 34.0. The lowest BCUT2D eigenvalue weighted by Gasteiger charge is -2.51. The minimum Gasteiger partial charge on any atom is -0.394 e. The zero-order valence-corrected chi connectivity index (χ0v) is 73.5. The molecule has 0 unspecified atom stereocenters. The number of rotatable bonds is 35. The van der Waals surface area contributed by atoms with Crippen molar-refractivity contribution in [3.8, 4) is 0 Å². The zero-order chi connectivity index (χ0) is 93.4. The summed E-state index contributed by atoms with van der Waals surface area (Å²) in [6.45, 7) is -7.60. The summed E-state index contributed by atoms with van der Waals surface area (Å²) in [5, 5.41) is 166. The highest BCUT2D eigenvalue weighted by atomic mass is 16.8. The topological polar surface area (TPSA) is 515 Å². The molecule has 7 aromatic carbocycles. The van der Waals surface area contributed by atoms with Gasteiger partial charge in [-0.15, -0.1) is 0 Å². The van der Waals surface area contributed by atoms with Crippen LogP contribution < -0.4 is 0 Å². The molecule has 134 heavy (non-hydrogen) atoms. The molecule has 0 aliphatic carbocycles. The fourth-order valence-electron chi connectivity index (χ4n) is 17.7. The number of unbranched alkanes of at least 4 members (excludes halogenated alkanes) is 2. The molecule has 21 aliphatic heterocycles. The largest absolute Gasteiger partial charge is 0.394 e. The fourth-order valence-corrected chi connectivity index (χ4v) is 17.7. The Labute approximate surface area is 773 Å². The van der Waals surface area contributed by atoms with Gasteiger partial charge in [-0.3, -0.25) is 0 Å². The molecule has 13 N–H and O–H groups in total. The number of hydrogen-bond donors (Lipinski definition) is 13. The van der Waals surface area contributed by atoms with E-state index >= 15 is 0 Å². The first kappa shape index (κ1) is 101. The first-order valence-electron chi connectivity index (χ1n) is 45.3. The summed E-state index contributed by atoms with van der Waals surface area (Å²) in [6, 6.07) is 61.5. The van der Waals surface area contributed by atoms with Gasteiger partial charge in [0.25, 0.3) is 0 Å². The molecule has 0 aromatic heterocycles. The Morgan fingerprint density at radius 2 is 0.418 bits per heavy atom. The molecule has 0 spiro atoms. The van der Waals surface area contributed by atoms with Gasteiger partial charge in [-0.1, -0.05) is 224 Å². The van der Waals surface area contributed by atoms with Crippen LogP contribution in [0.2, 0.25) is 0 Å². The van der Waals surface area contributed by atoms with Crippen LogP contribution in [0.3, 0.4) is 0 Å². The molecule has 7 aromatic rings. The van der Waals surface area contributed by atoms with E-state index in [1.807, 2.05) is 0 Å². The van der Waals surface area contributed by atoms with Gasteiger partial charge in [0, 0.05) is 18.1 Å². The average Bonchev–Trinajstić information content (AvgIpc) is 0.776. The van der Waals surface area contributed by atoms with E-state index in [9.17, 15) is 66.4 Å². The van der Waals surface area contributed by atoms with Crippen molar-refractivity contribution in [3.05, 3.63) is 262 Å². The molecular weight excluding hydrogens is 1760 g/mol. The van der Waals surface area contributed by atoms with E-state index in [1.165, 1.54) is 0 Å². The molecule has 28 rings (SSSR count). The van der Waals surface area contributed by atoms with E-state index in [-0.39, 0.29) is 59.4 Å². The van der Waals surface area contributed by atoms with E-state index in [0.717, 1.165) is 0 Å².